The third-order valence-corrected chi connectivity index (χ3v) is 4.80. The van der Waals surface area contributed by atoms with E-state index >= 15 is 0 Å². The van der Waals surface area contributed by atoms with E-state index in [0.29, 0.717) is 16.9 Å². The number of aryl methyl sites for hydroxylation is 2. The minimum Gasteiger partial charge on any atom is -0.321 e. The maximum Gasteiger partial charge on any atom is 0.275 e. The van der Waals surface area contributed by atoms with E-state index in [1.807, 2.05) is 6.92 Å². The Balaban J connectivity index is 2.23. The first-order valence-electron chi connectivity index (χ1n) is 5.56. The maximum absolute atomic E-state index is 11.9. The van der Waals surface area contributed by atoms with Crippen LogP contribution in [0, 0.1) is 13.8 Å². The van der Waals surface area contributed by atoms with Gasteiger partial charge in [0.15, 0.2) is 0 Å². The van der Waals surface area contributed by atoms with E-state index in [4.69, 9.17) is 10.7 Å². The predicted molar refractivity (Wildman–Crippen MR) is 79.0 cm³/mol. The number of carbonyl (C=O) groups is 1. The van der Waals surface area contributed by atoms with Gasteiger partial charge in [-0.15, -0.1) is 11.3 Å². The van der Waals surface area contributed by atoms with Gasteiger partial charge in [-0.05, 0) is 37.6 Å². The van der Waals surface area contributed by atoms with Crippen LogP contribution in [0.15, 0.2) is 28.5 Å². The van der Waals surface area contributed by atoms with Gasteiger partial charge >= 0.3 is 0 Å². The number of thiazole rings is 1. The number of anilines is 1. The molecule has 1 aromatic heterocycles. The molecule has 0 bridgehead atoms. The van der Waals surface area contributed by atoms with Crippen molar-refractivity contribution in [1.82, 2.24) is 4.98 Å². The minimum absolute atomic E-state index is 0.0293. The Kier molecular flexibility index (Phi) is 4.12. The molecular formula is C12H11ClN2O3S2. The van der Waals surface area contributed by atoms with E-state index in [1.165, 1.54) is 23.5 Å². The van der Waals surface area contributed by atoms with Crippen molar-refractivity contribution in [2.45, 2.75) is 18.7 Å². The molecule has 0 fully saturated rings. The van der Waals surface area contributed by atoms with Crippen LogP contribution < -0.4 is 5.32 Å². The van der Waals surface area contributed by atoms with Gasteiger partial charge in [-0.25, -0.2) is 13.4 Å². The fourth-order valence-electron chi connectivity index (χ4n) is 1.66. The van der Waals surface area contributed by atoms with Gasteiger partial charge in [0.2, 0.25) is 0 Å². The zero-order chi connectivity index (χ0) is 14.9. The lowest BCUT2D eigenvalue weighted by atomic mass is 10.2. The van der Waals surface area contributed by atoms with Gasteiger partial charge in [0.1, 0.15) is 5.69 Å². The molecule has 0 atom stereocenters. The quantitative estimate of drug-likeness (QED) is 0.878. The van der Waals surface area contributed by atoms with E-state index in [-0.39, 0.29) is 10.8 Å². The molecule has 0 aliphatic heterocycles. The molecule has 5 nitrogen and oxygen atoms in total. The number of rotatable bonds is 3. The molecule has 2 aromatic rings. The van der Waals surface area contributed by atoms with Crippen molar-refractivity contribution in [3.8, 4) is 0 Å². The molecule has 0 spiro atoms. The molecule has 0 aliphatic carbocycles. The van der Waals surface area contributed by atoms with Crippen molar-refractivity contribution in [2.24, 2.45) is 0 Å². The molecule has 1 amide bonds. The van der Waals surface area contributed by atoms with Crippen molar-refractivity contribution in [1.29, 1.82) is 0 Å². The predicted octanol–water partition coefficient (Wildman–Crippen LogP) is 2.94. The highest BCUT2D eigenvalue weighted by molar-refractivity contribution is 8.13. The molecule has 106 valence electrons. The molecule has 1 heterocycles. The van der Waals surface area contributed by atoms with Crippen LogP contribution in [0.5, 0.6) is 0 Å². The van der Waals surface area contributed by atoms with Crippen LogP contribution in [0.1, 0.15) is 21.1 Å². The van der Waals surface area contributed by atoms with Crippen molar-refractivity contribution in [2.75, 3.05) is 5.32 Å². The Morgan fingerprint density at radius 3 is 2.55 bits per heavy atom. The van der Waals surface area contributed by atoms with Crippen molar-refractivity contribution in [3.05, 3.63) is 39.8 Å². The van der Waals surface area contributed by atoms with E-state index < -0.39 is 9.05 Å². The summed E-state index contributed by atoms with van der Waals surface area (Å²) in [7, 11) is 1.52. The van der Waals surface area contributed by atoms with E-state index in [1.54, 1.807) is 18.4 Å². The van der Waals surface area contributed by atoms with E-state index in [0.717, 1.165) is 5.01 Å². The summed E-state index contributed by atoms with van der Waals surface area (Å²) in [5, 5.41) is 5.12. The summed E-state index contributed by atoms with van der Waals surface area (Å²) in [6.07, 6.45) is 0. The number of carbonyl (C=O) groups excluding carboxylic acids is 1. The highest BCUT2D eigenvalue weighted by Crippen LogP contribution is 2.23. The first-order valence-corrected chi connectivity index (χ1v) is 8.75. The third-order valence-electron chi connectivity index (χ3n) is 2.55. The Hall–Kier alpha value is -1.44. The molecular weight excluding hydrogens is 320 g/mol. The number of aromatic nitrogens is 1. The fraction of sp³-hybridized carbons (Fsp3) is 0.167. The highest BCUT2D eigenvalue weighted by atomic mass is 35.7. The smallest absolute Gasteiger partial charge is 0.275 e. The summed E-state index contributed by atoms with van der Waals surface area (Å²) in [5.74, 6) is -0.338. The molecule has 0 saturated carbocycles. The second-order valence-corrected chi connectivity index (χ2v) is 7.72. The summed E-state index contributed by atoms with van der Waals surface area (Å²) in [5.41, 5.74) is 1.29. The number of benzene rings is 1. The van der Waals surface area contributed by atoms with Gasteiger partial charge in [-0.3, -0.25) is 4.79 Å². The lowest BCUT2D eigenvalue weighted by Gasteiger charge is -2.07. The normalized spacial score (nSPS) is 11.3. The van der Waals surface area contributed by atoms with Gasteiger partial charge < -0.3 is 5.32 Å². The number of hydrogen-bond donors (Lipinski definition) is 1. The SMILES string of the molecule is Cc1nc(C(=O)Nc2ccc(S(=O)(=O)Cl)c(C)c2)cs1. The topological polar surface area (TPSA) is 76.1 Å². The Labute approximate surface area is 125 Å². The third kappa shape index (κ3) is 3.36. The number of halogens is 1. The standard InChI is InChI=1S/C12H11ClN2O3S2/c1-7-5-9(3-4-11(7)20(13,17)18)15-12(16)10-6-19-8(2)14-10/h3-6H,1-2H3,(H,15,16). The molecule has 0 aliphatic rings. The Morgan fingerprint density at radius 2 is 2.05 bits per heavy atom. The average Bonchev–Trinajstić information content (AvgIpc) is 2.74. The van der Waals surface area contributed by atoms with Crippen LogP contribution in [0.4, 0.5) is 5.69 Å². The molecule has 1 aromatic carbocycles. The molecule has 1 N–H and O–H groups in total. The maximum atomic E-state index is 11.9. The average molecular weight is 331 g/mol. The lowest BCUT2D eigenvalue weighted by Crippen LogP contribution is -2.12. The first kappa shape index (κ1) is 15.0. The fourth-order valence-corrected chi connectivity index (χ4v) is 3.45. The summed E-state index contributed by atoms with van der Waals surface area (Å²) < 4.78 is 22.6. The van der Waals surface area contributed by atoms with Crippen molar-refractivity contribution in [3.63, 3.8) is 0 Å². The molecule has 0 unspecified atom stereocenters. The highest BCUT2D eigenvalue weighted by Gasteiger charge is 2.15. The van der Waals surface area contributed by atoms with Gasteiger partial charge in [0, 0.05) is 21.7 Å². The van der Waals surface area contributed by atoms with E-state index in [9.17, 15) is 13.2 Å². The molecule has 2 rings (SSSR count). The number of hydrogen-bond acceptors (Lipinski definition) is 5. The summed E-state index contributed by atoms with van der Waals surface area (Å²) >= 11 is 1.38. The first-order chi connectivity index (χ1) is 9.27. The van der Waals surface area contributed by atoms with Crippen LogP contribution >= 0.6 is 22.0 Å². The number of amides is 1. The molecule has 8 heteroatoms. The zero-order valence-electron chi connectivity index (χ0n) is 10.7. The van der Waals surface area contributed by atoms with E-state index in [2.05, 4.69) is 10.3 Å². The summed E-state index contributed by atoms with van der Waals surface area (Å²) in [4.78, 5) is 16.0. The largest absolute Gasteiger partial charge is 0.321 e. The van der Waals surface area contributed by atoms with Crippen molar-refractivity contribution < 1.29 is 13.2 Å². The zero-order valence-corrected chi connectivity index (χ0v) is 13.1. The lowest BCUT2D eigenvalue weighted by molar-refractivity contribution is 0.102. The van der Waals surface area contributed by atoms with Crippen LogP contribution in [-0.4, -0.2) is 19.3 Å². The second-order valence-electron chi connectivity index (χ2n) is 4.12. The van der Waals surface area contributed by atoms with Gasteiger partial charge in [-0.1, -0.05) is 0 Å². The number of nitrogens with zero attached hydrogens (tertiary/aromatic N) is 1. The summed E-state index contributed by atoms with van der Waals surface area (Å²) in [6.45, 7) is 3.42. The molecule has 0 radical (unpaired) electrons. The van der Waals surface area contributed by atoms with Crippen LogP contribution in [0.25, 0.3) is 0 Å². The molecule has 20 heavy (non-hydrogen) atoms. The summed E-state index contributed by atoms with van der Waals surface area (Å²) in [6, 6.07) is 4.39. The second kappa shape index (κ2) is 5.51. The number of nitrogens with one attached hydrogen (secondary N) is 1. The minimum atomic E-state index is -3.78. The van der Waals surface area contributed by atoms with Crippen LogP contribution in [0.3, 0.4) is 0 Å². The molecule has 0 saturated heterocycles. The van der Waals surface area contributed by atoms with Gasteiger partial charge in [0.25, 0.3) is 15.0 Å². The Morgan fingerprint density at radius 1 is 1.35 bits per heavy atom. The van der Waals surface area contributed by atoms with Crippen LogP contribution in [0.2, 0.25) is 0 Å². The Bertz CT molecular complexity index is 769. The monoisotopic (exact) mass is 330 g/mol. The van der Waals surface area contributed by atoms with Gasteiger partial charge in [-0.2, -0.15) is 0 Å². The van der Waals surface area contributed by atoms with Crippen LogP contribution in [-0.2, 0) is 9.05 Å². The van der Waals surface area contributed by atoms with Gasteiger partial charge in [0.05, 0.1) is 9.90 Å². The van der Waals surface area contributed by atoms with Crippen molar-refractivity contribution >= 4 is 42.7 Å².